The number of ether oxygens (including phenoxy) is 1. The molecule has 2 aromatic rings. The number of hydrogen-bond donors (Lipinski definition) is 0. The molecule has 1 fully saturated rings. The summed E-state index contributed by atoms with van der Waals surface area (Å²) in [5, 5.41) is 0.540. The number of benzene rings is 2. The van der Waals surface area contributed by atoms with Crippen molar-refractivity contribution in [2.24, 2.45) is 0 Å². The van der Waals surface area contributed by atoms with Crippen LogP contribution in [0, 0.1) is 5.82 Å². The van der Waals surface area contributed by atoms with Gasteiger partial charge in [0.15, 0.2) is 0 Å². The number of carbonyl (C=O) groups is 1. The van der Waals surface area contributed by atoms with E-state index in [9.17, 15) is 9.18 Å². The molecule has 23 heavy (non-hydrogen) atoms. The van der Waals surface area contributed by atoms with Crippen LogP contribution in [0.1, 0.15) is 23.2 Å². The molecule has 2 aromatic carbocycles. The summed E-state index contributed by atoms with van der Waals surface area (Å²) in [7, 11) is 1.55. The molecule has 0 unspecified atom stereocenters. The first-order chi connectivity index (χ1) is 11.1. The summed E-state index contributed by atoms with van der Waals surface area (Å²) in [6.07, 6.45) is 1.95. The largest absolute Gasteiger partial charge is 0.496 e. The van der Waals surface area contributed by atoms with E-state index in [0.29, 0.717) is 35.0 Å². The molecule has 0 radical (unpaired) electrons. The number of carbonyl (C=O) groups excluding carboxylic acids is 1. The van der Waals surface area contributed by atoms with Gasteiger partial charge in [-0.05, 0) is 48.7 Å². The maximum atomic E-state index is 14.5. The number of amides is 1. The Balaban J connectivity index is 1.96. The molecule has 0 aromatic heterocycles. The van der Waals surface area contributed by atoms with Crippen molar-refractivity contribution in [2.45, 2.75) is 12.8 Å². The number of rotatable bonds is 3. The number of likely N-dealkylation sites (tertiary alicyclic amines) is 1. The molecule has 120 valence electrons. The van der Waals surface area contributed by atoms with Gasteiger partial charge in [-0.1, -0.05) is 17.7 Å². The second kappa shape index (κ2) is 6.59. The Bertz CT molecular complexity index is 742. The highest BCUT2D eigenvalue weighted by Crippen LogP contribution is 2.33. The van der Waals surface area contributed by atoms with Crippen molar-refractivity contribution in [1.29, 1.82) is 0 Å². The van der Waals surface area contributed by atoms with E-state index in [-0.39, 0.29) is 11.5 Å². The number of nitrogens with zero attached hydrogens (tertiary/aromatic N) is 1. The molecule has 1 saturated heterocycles. The lowest BCUT2D eigenvalue weighted by molar-refractivity contribution is 0.0788. The van der Waals surface area contributed by atoms with Crippen LogP contribution in [0.3, 0.4) is 0 Å². The van der Waals surface area contributed by atoms with Gasteiger partial charge in [0, 0.05) is 23.7 Å². The maximum Gasteiger partial charge on any atom is 0.256 e. The zero-order valence-electron chi connectivity index (χ0n) is 12.8. The van der Waals surface area contributed by atoms with Crippen molar-refractivity contribution < 1.29 is 13.9 Å². The molecule has 0 aliphatic carbocycles. The van der Waals surface area contributed by atoms with Crippen LogP contribution >= 0.6 is 11.6 Å². The van der Waals surface area contributed by atoms with Gasteiger partial charge in [0.25, 0.3) is 5.91 Å². The number of halogens is 2. The molecular weight excluding hydrogens is 317 g/mol. The Morgan fingerprint density at radius 3 is 2.57 bits per heavy atom. The van der Waals surface area contributed by atoms with Crippen molar-refractivity contribution in [3.05, 3.63) is 52.8 Å². The Morgan fingerprint density at radius 1 is 1.17 bits per heavy atom. The smallest absolute Gasteiger partial charge is 0.256 e. The van der Waals surface area contributed by atoms with Crippen molar-refractivity contribution in [3.8, 4) is 16.9 Å². The normalized spacial score (nSPS) is 14.1. The number of hydrogen-bond acceptors (Lipinski definition) is 2. The topological polar surface area (TPSA) is 29.5 Å². The van der Waals surface area contributed by atoms with E-state index in [1.807, 2.05) is 0 Å². The van der Waals surface area contributed by atoms with Gasteiger partial charge in [-0.25, -0.2) is 4.39 Å². The summed E-state index contributed by atoms with van der Waals surface area (Å²) < 4.78 is 19.8. The SMILES string of the molecule is COc1ccc(Cl)cc1-c1ccc(C(=O)N2CCCC2)c(F)c1. The molecule has 0 saturated carbocycles. The third-order valence-electron chi connectivity index (χ3n) is 4.07. The molecule has 1 amide bonds. The first-order valence-electron chi connectivity index (χ1n) is 7.53. The summed E-state index contributed by atoms with van der Waals surface area (Å²) in [5.41, 5.74) is 1.43. The lowest BCUT2D eigenvalue weighted by atomic mass is 10.0. The predicted octanol–water partition coefficient (Wildman–Crippen LogP) is 4.39. The van der Waals surface area contributed by atoms with Crippen molar-refractivity contribution >= 4 is 17.5 Å². The van der Waals surface area contributed by atoms with Crippen LogP contribution in [0.15, 0.2) is 36.4 Å². The monoisotopic (exact) mass is 333 g/mol. The van der Waals surface area contributed by atoms with Gasteiger partial charge >= 0.3 is 0 Å². The van der Waals surface area contributed by atoms with E-state index in [2.05, 4.69) is 0 Å². The minimum absolute atomic E-state index is 0.108. The summed E-state index contributed by atoms with van der Waals surface area (Å²) in [5.74, 6) is -0.168. The third kappa shape index (κ3) is 3.17. The number of methoxy groups -OCH3 is 1. The van der Waals surface area contributed by atoms with E-state index >= 15 is 0 Å². The maximum absolute atomic E-state index is 14.5. The van der Waals surface area contributed by atoms with E-state index in [4.69, 9.17) is 16.3 Å². The zero-order chi connectivity index (χ0) is 16.4. The average Bonchev–Trinajstić information content (AvgIpc) is 3.08. The lowest BCUT2D eigenvalue weighted by Crippen LogP contribution is -2.28. The summed E-state index contributed by atoms with van der Waals surface area (Å²) in [6, 6.07) is 9.78. The Kier molecular flexibility index (Phi) is 4.53. The lowest BCUT2D eigenvalue weighted by Gasteiger charge is -2.16. The van der Waals surface area contributed by atoms with Gasteiger partial charge < -0.3 is 9.64 Å². The average molecular weight is 334 g/mol. The highest BCUT2D eigenvalue weighted by Gasteiger charge is 2.22. The van der Waals surface area contributed by atoms with E-state index in [1.54, 1.807) is 36.3 Å². The fourth-order valence-electron chi connectivity index (χ4n) is 2.85. The van der Waals surface area contributed by atoms with E-state index in [0.717, 1.165) is 12.8 Å². The second-order valence-corrected chi connectivity index (χ2v) is 5.97. The summed E-state index contributed by atoms with van der Waals surface area (Å²) >= 11 is 6.02. The Labute approximate surface area is 139 Å². The molecule has 3 nitrogen and oxygen atoms in total. The van der Waals surface area contributed by atoms with Gasteiger partial charge in [-0.2, -0.15) is 0 Å². The van der Waals surface area contributed by atoms with Crippen LogP contribution in [0.5, 0.6) is 5.75 Å². The first-order valence-corrected chi connectivity index (χ1v) is 7.90. The molecule has 1 aliphatic heterocycles. The molecule has 3 rings (SSSR count). The fourth-order valence-corrected chi connectivity index (χ4v) is 3.02. The molecule has 0 bridgehead atoms. The predicted molar refractivity (Wildman–Crippen MR) is 88.5 cm³/mol. The van der Waals surface area contributed by atoms with Gasteiger partial charge in [-0.15, -0.1) is 0 Å². The molecule has 0 atom stereocenters. The van der Waals surface area contributed by atoms with E-state index < -0.39 is 5.82 Å². The molecule has 5 heteroatoms. The molecule has 0 N–H and O–H groups in total. The van der Waals surface area contributed by atoms with Crippen LogP contribution in [0.2, 0.25) is 5.02 Å². The minimum Gasteiger partial charge on any atom is -0.496 e. The van der Waals surface area contributed by atoms with Crippen LogP contribution in [-0.2, 0) is 0 Å². The highest BCUT2D eigenvalue weighted by molar-refractivity contribution is 6.31. The van der Waals surface area contributed by atoms with Gasteiger partial charge in [0.2, 0.25) is 0 Å². The molecular formula is C18H17ClFNO2. The van der Waals surface area contributed by atoms with Crippen LogP contribution in [0.25, 0.3) is 11.1 Å². The zero-order valence-corrected chi connectivity index (χ0v) is 13.6. The van der Waals surface area contributed by atoms with Crippen molar-refractivity contribution in [2.75, 3.05) is 20.2 Å². The molecule has 1 heterocycles. The second-order valence-electron chi connectivity index (χ2n) is 5.54. The fraction of sp³-hybridized carbons (Fsp3) is 0.278. The van der Waals surface area contributed by atoms with Crippen LogP contribution < -0.4 is 4.74 Å². The Hall–Kier alpha value is -2.07. The van der Waals surface area contributed by atoms with Gasteiger partial charge in [0.05, 0.1) is 12.7 Å². The Morgan fingerprint density at radius 2 is 1.91 bits per heavy atom. The van der Waals surface area contributed by atoms with Crippen molar-refractivity contribution in [3.63, 3.8) is 0 Å². The highest BCUT2D eigenvalue weighted by atomic mass is 35.5. The molecule has 0 spiro atoms. The van der Waals surface area contributed by atoms with Crippen molar-refractivity contribution in [1.82, 2.24) is 4.90 Å². The standard InChI is InChI=1S/C18H17ClFNO2/c1-23-17-7-5-13(19)11-15(17)12-4-6-14(16(20)10-12)18(22)21-8-2-3-9-21/h4-7,10-11H,2-3,8-9H2,1H3. The van der Waals surface area contributed by atoms with Crippen LogP contribution in [0.4, 0.5) is 4.39 Å². The van der Waals surface area contributed by atoms with Crippen LogP contribution in [-0.4, -0.2) is 31.0 Å². The minimum atomic E-state index is -0.526. The van der Waals surface area contributed by atoms with Gasteiger partial charge in [0.1, 0.15) is 11.6 Å². The quantitative estimate of drug-likeness (QED) is 0.833. The summed E-state index contributed by atoms with van der Waals surface area (Å²) in [4.78, 5) is 14.0. The molecule has 1 aliphatic rings. The van der Waals surface area contributed by atoms with Gasteiger partial charge in [-0.3, -0.25) is 4.79 Å². The van der Waals surface area contributed by atoms with E-state index in [1.165, 1.54) is 12.1 Å². The summed E-state index contributed by atoms with van der Waals surface area (Å²) in [6.45, 7) is 1.39. The first kappa shape index (κ1) is 15.8. The third-order valence-corrected chi connectivity index (χ3v) is 4.30.